The number of aromatic hydroxyl groups is 1. The van der Waals surface area contributed by atoms with E-state index in [9.17, 15) is 41.0 Å². The summed E-state index contributed by atoms with van der Waals surface area (Å²) in [5, 5.41) is 9.61. The van der Waals surface area contributed by atoms with Crippen molar-refractivity contribution in [2.45, 2.75) is 77.2 Å². The third kappa shape index (κ3) is 6.68. The maximum Gasteiger partial charge on any atom is 0.416 e. The van der Waals surface area contributed by atoms with Gasteiger partial charge in [-0.05, 0) is 73.6 Å². The van der Waals surface area contributed by atoms with Gasteiger partial charge in [-0.2, -0.15) is 26.3 Å². The van der Waals surface area contributed by atoms with E-state index in [1.54, 1.807) is 12.1 Å². The van der Waals surface area contributed by atoms with Crippen LogP contribution in [-0.2, 0) is 26.7 Å². The number of nitrogens with zero attached hydrogens (tertiary/aromatic N) is 1. The number of alkyl halides is 6. The molecule has 4 atom stereocenters. The molecule has 0 spiro atoms. The summed E-state index contributed by atoms with van der Waals surface area (Å²) in [6.07, 6.45) is -3.77. The van der Waals surface area contributed by atoms with E-state index in [1.165, 1.54) is 5.57 Å². The molecule has 2 aliphatic heterocycles. The second-order valence-electron chi connectivity index (χ2n) is 12.0. The molecule has 1 N–H and O–H groups in total. The summed E-state index contributed by atoms with van der Waals surface area (Å²) in [4.78, 5) is 28.0. The van der Waals surface area contributed by atoms with Crippen LogP contribution in [0.2, 0.25) is 0 Å². The van der Waals surface area contributed by atoms with E-state index in [0.717, 1.165) is 36.0 Å². The van der Waals surface area contributed by atoms with Crippen LogP contribution < -0.4 is 4.90 Å². The molecule has 242 valence electrons. The Hall–Kier alpha value is -3.60. The van der Waals surface area contributed by atoms with Crippen LogP contribution in [0, 0.1) is 17.8 Å². The Morgan fingerprint density at radius 2 is 1.56 bits per heavy atom. The van der Waals surface area contributed by atoms with E-state index in [-0.39, 0.29) is 30.9 Å². The van der Waals surface area contributed by atoms with Crippen molar-refractivity contribution in [3.63, 3.8) is 0 Å². The second-order valence-corrected chi connectivity index (χ2v) is 12.0. The number of carbonyl (C=O) groups excluding carboxylic acids is 2. The number of hydrogen-bond donors (Lipinski definition) is 1. The number of benzene rings is 2. The minimum atomic E-state index is -5.11. The zero-order chi connectivity index (χ0) is 32.7. The van der Waals surface area contributed by atoms with Crippen molar-refractivity contribution in [3.8, 4) is 5.75 Å². The smallest absolute Gasteiger partial charge is 0.416 e. The van der Waals surface area contributed by atoms with Gasteiger partial charge in [0.15, 0.2) is 0 Å². The Bertz CT molecular complexity index is 1480. The monoisotopic (exact) mass is 635 g/mol. The summed E-state index contributed by atoms with van der Waals surface area (Å²) in [6.45, 7) is 4.20. The standard InChI is InChI=1S/C34H35F6NO4/c1-3-5-19(13-20-7-10-25(42)11-8-20)9-12-28-29-21(6-4-2)14-26-30(27(29)18-45-28)32(44)41(31(26)43)24-16-22(33(35,36)37)15-23(17-24)34(38,39)40/h7-8,10-11,13,15-17,26-28,30,42H,3-6,9,12,14,18H2,1-2H3/b19-13+/t26-,27+,28-,30-/m1/s1. The van der Waals surface area contributed by atoms with Crippen LogP contribution in [-0.4, -0.2) is 29.6 Å². The first-order chi connectivity index (χ1) is 21.2. The molecule has 2 fully saturated rings. The molecule has 2 saturated heterocycles. The molecule has 2 aromatic carbocycles. The topological polar surface area (TPSA) is 66.8 Å². The van der Waals surface area contributed by atoms with Crippen molar-refractivity contribution >= 4 is 23.6 Å². The molecule has 0 unspecified atom stereocenters. The van der Waals surface area contributed by atoms with E-state index in [4.69, 9.17) is 4.74 Å². The first-order valence-electron chi connectivity index (χ1n) is 15.2. The predicted molar refractivity (Wildman–Crippen MR) is 156 cm³/mol. The Kier molecular flexibility index (Phi) is 9.22. The lowest BCUT2D eigenvalue weighted by Gasteiger charge is -2.32. The van der Waals surface area contributed by atoms with Gasteiger partial charge in [-0.25, -0.2) is 4.90 Å². The molecule has 5 nitrogen and oxygen atoms in total. The molecule has 2 amide bonds. The fraction of sp³-hybridized carbons (Fsp3) is 0.471. The van der Waals surface area contributed by atoms with Crippen molar-refractivity contribution in [2.24, 2.45) is 17.8 Å². The molecule has 1 aliphatic carbocycles. The van der Waals surface area contributed by atoms with Gasteiger partial charge in [-0.15, -0.1) is 0 Å². The van der Waals surface area contributed by atoms with E-state index in [1.807, 2.05) is 19.1 Å². The summed E-state index contributed by atoms with van der Waals surface area (Å²) in [7, 11) is 0. The molecule has 2 heterocycles. The Morgan fingerprint density at radius 1 is 0.911 bits per heavy atom. The van der Waals surface area contributed by atoms with Crippen molar-refractivity contribution in [1.29, 1.82) is 0 Å². The summed E-state index contributed by atoms with van der Waals surface area (Å²) in [5.41, 5.74) is 0.173. The van der Waals surface area contributed by atoms with Crippen LogP contribution in [0.1, 0.15) is 75.5 Å². The number of halogens is 6. The number of ether oxygens (including phenoxy) is 1. The van der Waals surface area contributed by atoms with Gasteiger partial charge in [-0.1, -0.05) is 56.0 Å². The van der Waals surface area contributed by atoms with Gasteiger partial charge in [-0.3, -0.25) is 9.59 Å². The quantitative estimate of drug-likeness (QED) is 0.170. The number of rotatable bonds is 9. The van der Waals surface area contributed by atoms with E-state index < -0.39 is 58.7 Å². The van der Waals surface area contributed by atoms with Gasteiger partial charge in [0.2, 0.25) is 11.8 Å². The number of anilines is 1. The molecule has 0 aromatic heterocycles. The zero-order valence-corrected chi connectivity index (χ0v) is 25.0. The highest BCUT2D eigenvalue weighted by Gasteiger charge is 2.57. The minimum Gasteiger partial charge on any atom is -0.508 e. The lowest BCUT2D eigenvalue weighted by atomic mass is 9.68. The van der Waals surface area contributed by atoms with E-state index >= 15 is 0 Å². The molecular weight excluding hydrogens is 600 g/mol. The summed E-state index contributed by atoms with van der Waals surface area (Å²) >= 11 is 0. The molecule has 0 radical (unpaired) electrons. The lowest BCUT2D eigenvalue weighted by Crippen LogP contribution is -2.34. The van der Waals surface area contributed by atoms with Crippen LogP contribution in [0.4, 0.5) is 32.0 Å². The molecular formula is C34H35F6NO4. The minimum absolute atomic E-state index is 0.0150. The molecule has 11 heteroatoms. The lowest BCUT2D eigenvalue weighted by molar-refractivity contribution is -0.143. The van der Waals surface area contributed by atoms with E-state index in [2.05, 4.69) is 13.0 Å². The number of allylic oxidation sites excluding steroid dienone is 2. The van der Waals surface area contributed by atoms with Gasteiger partial charge in [0, 0.05) is 5.92 Å². The molecule has 0 saturated carbocycles. The first-order valence-corrected chi connectivity index (χ1v) is 15.2. The summed E-state index contributed by atoms with van der Waals surface area (Å²) in [6, 6.07) is 7.75. The van der Waals surface area contributed by atoms with Crippen LogP contribution >= 0.6 is 0 Å². The number of amides is 2. The van der Waals surface area contributed by atoms with Crippen LogP contribution in [0.15, 0.2) is 59.2 Å². The Morgan fingerprint density at radius 3 is 2.13 bits per heavy atom. The van der Waals surface area contributed by atoms with Gasteiger partial charge in [0.05, 0.1) is 41.4 Å². The number of phenols is 1. The summed E-state index contributed by atoms with van der Waals surface area (Å²) < 4.78 is 87.8. The number of fused-ring (bicyclic) bond motifs is 3. The predicted octanol–water partition coefficient (Wildman–Crippen LogP) is 8.71. The number of carbonyl (C=O) groups is 2. The molecule has 2 aromatic rings. The van der Waals surface area contributed by atoms with Gasteiger partial charge >= 0.3 is 12.4 Å². The van der Waals surface area contributed by atoms with Gasteiger partial charge < -0.3 is 9.84 Å². The van der Waals surface area contributed by atoms with Crippen molar-refractivity contribution in [2.75, 3.05) is 11.5 Å². The third-order valence-electron chi connectivity index (χ3n) is 8.95. The second kappa shape index (κ2) is 12.7. The fourth-order valence-corrected chi connectivity index (χ4v) is 7.05. The molecule has 5 rings (SSSR count). The van der Waals surface area contributed by atoms with Crippen LogP contribution in [0.5, 0.6) is 5.75 Å². The normalized spacial score (nSPS) is 24.0. The Balaban J connectivity index is 1.43. The van der Waals surface area contributed by atoms with Crippen LogP contribution in [0.25, 0.3) is 6.08 Å². The van der Waals surface area contributed by atoms with Crippen molar-refractivity contribution in [3.05, 3.63) is 75.9 Å². The highest BCUT2D eigenvalue weighted by Crippen LogP contribution is 2.52. The highest BCUT2D eigenvalue weighted by atomic mass is 19.4. The average molecular weight is 636 g/mol. The molecule has 3 aliphatic rings. The third-order valence-corrected chi connectivity index (χ3v) is 8.95. The van der Waals surface area contributed by atoms with Crippen LogP contribution in [0.3, 0.4) is 0 Å². The highest BCUT2D eigenvalue weighted by molar-refractivity contribution is 6.22. The fourth-order valence-electron chi connectivity index (χ4n) is 7.05. The van der Waals surface area contributed by atoms with Crippen molar-refractivity contribution < 1.29 is 45.8 Å². The van der Waals surface area contributed by atoms with E-state index in [0.29, 0.717) is 36.3 Å². The number of hydrogen-bond acceptors (Lipinski definition) is 4. The maximum atomic E-state index is 13.8. The molecule has 45 heavy (non-hydrogen) atoms. The van der Waals surface area contributed by atoms with Gasteiger partial charge in [0.1, 0.15) is 5.75 Å². The largest absolute Gasteiger partial charge is 0.508 e. The number of imide groups is 1. The zero-order valence-electron chi connectivity index (χ0n) is 25.0. The average Bonchev–Trinajstić information content (AvgIpc) is 3.50. The Labute approximate surface area is 257 Å². The molecule has 0 bridgehead atoms. The summed E-state index contributed by atoms with van der Waals surface area (Å²) in [5.74, 6) is -3.70. The van der Waals surface area contributed by atoms with Crippen molar-refractivity contribution in [1.82, 2.24) is 0 Å². The maximum absolute atomic E-state index is 13.8. The SMILES string of the molecule is CCCC1=C2[C@@H](CC/C(=C/c3ccc(O)cc3)CCC)OC[C@@H]2[C@@H]2C(=O)N(c3cc(C(F)(F)F)cc(C(F)(F)F)c3)C(=O)[C@@H]2C1. The number of phenolic OH excluding ortho intramolecular Hbond substituents is 1. The van der Waals surface area contributed by atoms with Gasteiger partial charge in [0.25, 0.3) is 0 Å². The first kappa shape index (κ1) is 32.8.